The van der Waals surface area contributed by atoms with Gasteiger partial charge in [-0.3, -0.25) is 5.01 Å². The first-order valence-electron chi connectivity index (χ1n) is 3.43. The molecule has 11 heavy (non-hydrogen) atoms. The first-order chi connectivity index (χ1) is 4.86. The molecule has 0 radical (unpaired) electrons. The maximum absolute atomic E-state index is 3.66. The van der Waals surface area contributed by atoms with E-state index in [1.165, 1.54) is 0 Å². The molecule has 0 saturated heterocycles. The van der Waals surface area contributed by atoms with E-state index in [1.807, 2.05) is 22.3 Å². The van der Waals surface area contributed by atoms with Crippen LogP contribution in [0.2, 0.25) is 0 Å². The van der Waals surface area contributed by atoms with Crippen molar-refractivity contribution in [3.8, 4) is 0 Å². The van der Waals surface area contributed by atoms with Crippen molar-refractivity contribution in [1.82, 2.24) is 15.3 Å². The van der Waals surface area contributed by atoms with Gasteiger partial charge in [0, 0.05) is 18.9 Å². The van der Waals surface area contributed by atoms with Crippen LogP contribution in [0.15, 0.2) is 25.2 Å². The molecule has 0 atom stereocenters. The summed E-state index contributed by atoms with van der Waals surface area (Å²) in [6.07, 6.45) is 5.77. The predicted octanol–water partition coefficient (Wildman–Crippen LogP) is 1.12. The minimum absolute atomic E-state index is 0. The van der Waals surface area contributed by atoms with Gasteiger partial charge in [0.15, 0.2) is 0 Å². The summed E-state index contributed by atoms with van der Waals surface area (Å²) in [4.78, 5) is 2.00. The molecule has 0 aliphatic carbocycles. The zero-order valence-electron chi connectivity index (χ0n) is 6.66. The van der Waals surface area contributed by atoms with E-state index < -0.39 is 0 Å². The molecule has 0 spiro atoms. The quantitative estimate of drug-likeness (QED) is 0.694. The van der Waals surface area contributed by atoms with E-state index >= 15 is 0 Å². The second-order valence-corrected chi connectivity index (χ2v) is 2.12. The maximum atomic E-state index is 3.66. The third-order valence-corrected chi connectivity index (χ3v) is 1.35. The molecule has 0 bridgehead atoms. The summed E-state index contributed by atoms with van der Waals surface area (Å²) >= 11 is 0. The molecule has 0 amide bonds. The number of nitrogens with zero attached hydrogens (tertiary/aromatic N) is 2. The highest BCUT2D eigenvalue weighted by molar-refractivity contribution is 5.85. The molecule has 3 nitrogen and oxygen atoms in total. The molecule has 0 unspecified atom stereocenters. The summed E-state index contributed by atoms with van der Waals surface area (Å²) in [5.74, 6) is 0. The molecule has 1 N–H and O–H groups in total. The Morgan fingerprint density at radius 2 is 2.36 bits per heavy atom. The molecule has 0 aromatic heterocycles. The van der Waals surface area contributed by atoms with Crippen LogP contribution < -0.4 is 5.43 Å². The number of halogens is 1. The molecule has 0 fully saturated rings. The minimum Gasteiger partial charge on any atom is -0.334 e. The normalized spacial score (nSPS) is 15.0. The number of hydrogen-bond acceptors (Lipinski definition) is 3. The van der Waals surface area contributed by atoms with Crippen molar-refractivity contribution in [2.75, 3.05) is 13.2 Å². The largest absolute Gasteiger partial charge is 0.334 e. The van der Waals surface area contributed by atoms with Crippen LogP contribution in [0.25, 0.3) is 0 Å². The van der Waals surface area contributed by atoms with E-state index in [4.69, 9.17) is 0 Å². The second kappa shape index (κ2) is 5.04. The Labute approximate surface area is 73.7 Å². The molecule has 4 heteroatoms. The van der Waals surface area contributed by atoms with E-state index in [9.17, 15) is 0 Å². The van der Waals surface area contributed by atoms with E-state index in [2.05, 4.69) is 18.9 Å². The molecule has 1 aliphatic rings. The van der Waals surface area contributed by atoms with Gasteiger partial charge < -0.3 is 4.90 Å². The molecule has 0 saturated carbocycles. The van der Waals surface area contributed by atoms with Crippen LogP contribution in [-0.4, -0.2) is 23.1 Å². The number of nitrogens with one attached hydrogen (secondary N) is 1. The van der Waals surface area contributed by atoms with Gasteiger partial charge in [-0.05, 0) is 6.20 Å². The van der Waals surface area contributed by atoms with Crippen LogP contribution in [0.1, 0.15) is 6.92 Å². The zero-order chi connectivity index (χ0) is 7.40. The van der Waals surface area contributed by atoms with E-state index in [1.54, 1.807) is 6.20 Å². The van der Waals surface area contributed by atoms with Crippen molar-refractivity contribution in [2.45, 2.75) is 6.92 Å². The average Bonchev–Trinajstić information content (AvgIpc) is 2.37. The number of hydrogen-bond donors (Lipinski definition) is 1. The van der Waals surface area contributed by atoms with Gasteiger partial charge in [0.2, 0.25) is 0 Å². The third-order valence-electron chi connectivity index (χ3n) is 1.35. The Kier molecular flexibility index (Phi) is 4.74. The maximum Gasteiger partial charge on any atom is 0.108 e. The highest BCUT2D eigenvalue weighted by Gasteiger charge is 2.06. The molecule has 1 rings (SSSR count). The van der Waals surface area contributed by atoms with Crippen molar-refractivity contribution in [2.24, 2.45) is 0 Å². The van der Waals surface area contributed by atoms with Gasteiger partial charge in [-0.25, -0.2) is 5.43 Å². The summed E-state index contributed by atoms with van der Waals surface area (Å²) in [5, 5.41) is 2.02. The van der Waals surface area contributed by atoms with Gasteiger partial charge in [0.1, 0.15) is 6.67 Å². The Bertz CT molecular complexity index is 147. The van der Waals surface area contributed by atoms with Gasteiger partial charge in [0.05, 0.1) is 0 Å². The van der Waals surface area contributed by atoms with Crippen LogP contribution in [0.5, 0.6) is 0 Å². The lowest BCUT2D eigenvalue weighted by Crippen LogP contribution is -2.34. The summed E-state index contributed by atoms with van der Waals surface area (Å²) in [6.45, 7) is 7.54. The molecular formula is C7H14ClN3. The molecule has 1 aliphatic heterocycles. The lowest BCUT2D eigenvalue weighted by molar-refractivity contribution is 0.240. The van der Waals surface area contributed by atoms with Gasteiger partial charge in [-0.15, -0.1) is 12.4 Å². The van der Waals surface area contributed by atoms with Crippen molar-refractivity contribution >= 4 is 12.4 Å². The summed E-state index contributed by atoms with van der Waals surface area (Å²) in [5.41, 5.74) is 3.17. The molecule has 1 heterocycles. The Hall–Kier alpha value is -0.670. The summed E-state index contributed by atoms with van der Waals surface area (Å²) < 4.78 is 0. The highest BCUT2D eigenvalue weighted by atomic mass is 35.5. The van der Waals surface area contributed by atoms with E-state index in [0.29, 0.717) is 0 Å². The fourth-order valence-electron chi connectivity index (χ4n) is 0.861. The van der Waals surface area contributed by atoms with Crippen LogP contribution in [0, 0.1) is 0 Å². The molecule has 64 valence electrons. The number of rotatable bonds is 3. The first-order valence-corrected chi connectivity index (χ1v) is 3.43. The monoisotopic (exact) mass is 175 g/mol. The first kappa shape index (κ1) is 10.3. The molecule has 0 aromatic rings. The fourth-order valence-corrected chi connectivity index (χ4v) is 0.861. The average molecular weight is 176 g/mol. The standard InChI is InChI=1S/C7H13N3.ClH/c1-3-8-10-6-5-9(4-2)7-10;/h4-6,8H,2-3,7H2,1H3;1H. The van der Waals surface area contributed by atoms with Gasteiger partial charge in [-0.2, -0.15) is 0 Å². The third kappa shape index (κ3) is 2.82. The second-order valence-electron chi connectivity index (χ2n) is 2.12. The van der Waals surface area contributed by atoms with Crippen LogP contribution in [0.4, 0.5) is 0 Å². The fraction of sp³-hybridized carbons (Fsp3) is 0.429. The predicted molar refractivity (Wildman–Crippen MR) is 48.8 cm³/mol. The summed E-state index contributed by atoms with van der Waals surface area (Å²) in [6, 6.07) is 0. The lowest BCUT2D eigenvalue weighted by atomic mass is 10.8. The Morgan fingerprint density at radius 1 is 1.64 bits per heavy atom. The van der Waals surface area contributed by atoms with Crippen molar-refractivity contribution in [3.05, 3.63) is 25.2 Å². The van der Waals surface area contributed by atoms with E-state index in [-0.39, 0.29) is 12.4 Å². The lowest BCUT2D eigenvalue weighted by Gasteiger charge is -2.17. The summed E-state index contributed by atoms with van der Waals surface area (Å²) in [7, 11) is 0. The van der Waals surface area contributed by atoms with E-state index in [0.717, 1.165) is 13.2 Å². The SMILES string of the molecule is C=CN1C=CN(NCC)C1.Cl. The smallest absolute Gasteiger partial charge is 0.108 e. The highest BCUT2D eigenvalue weighted by Crippen LogP contribution is 2.02. The zero-order valence-corrected chi connectivity index (χ0v) is 7.47. The van der Waals surface area contributed by atoms with Crippen LogP contribution in [-0.2, 0) is 0 Å². The molecule has 0 aromatic carbocycles. The molecular weight excluding hydrogens is 162 g/mol. The van der Waals surface area contributed by atoms with Gasteiger partial charge in [-0.1, -0.05) is 13.5 Å². The van der Waals surface area contributed by atoms with Crippen molar-refractivity contribution < 1.29 is 0 Å². The topological polar surface area (TPSA) is 18.5 Å². The Balaban J connectivity index is 0.000001000. The van der Waals surface area contributed by atoms with Crippen molar-refractivity contribution in [3.63, 3.8) is 0 Å². The van der Waals surface area contributed by atoms with Gasteiger partial charge in [0.25, 0.3) is 0 Å². The van der Waals surface area contributed by atoms with Gasteiger partial charge >= 0.3 is 0 Å². The van der Waals surface area contributed by atoms with Crippen LogP contribution in [0.3, 0.4) is 0 Å². The van der Waals surface area contributed by atoms with Crippen LogP contribution >= 0.6 is 12.4 Å². The number of hydrazine groups is 1. The Morgan fingerprint density at radius 3 is 2.82 bits per heavy atom. The minimum atomic E-state index is 0. The van der Waals surface area contributed by atoms with Crippen molar-refractivity contribution in [1.29, 1.82) is 0 Å².